The number of tetrazole rings is 1. The minimum Gasteiger partial charge on any atom is -0.310 e. The fraction of sp³-hybridized carbons (Fsp3) is 0.545. The smallest absolute Gasteiger partial charge is 0.165 e. The lowest BCUT2D eigenvalue weighted by atomic mass is 10.3. The van der Waals surface area contributed by atoms with Crippen molar-refractivity contribution in [3.63, 3.8) is 0 Å². The minimum atomic E-state index is 0.727. The Morgan fingerprint density at radius 2 is 2.35 bits per heavy atom. The second kappa shape index (κ2) is 5.88. The van der Waals surface area contributed by atoms with Gasteiger partial charge < -0.3 is 5.32 Å². The van der Waals surface area contributed by atoms with Crippen molar-refractivity contribution in [1.29, 1.82) is 0 Å². The molecule has 2 rings (SSSR count). The molecular weight excluding hydrogens is 234 g/mol. The van der Waals surface area contributed by atoms with Crippen molar-refractivity contribution in [1.82, 2.24) is 25.5 Å². The van der Waals surface area contributed by atoms with Gasteiger partial charge in [0, 0.05) is 4.88 Å². The second-order valence-electron chi connectivity index (χ2n) is 3.96. The molecule has 0 radical (unpaired) electrons. The summed E-state index contributed by atoms with van der Waals surface area (Å²) in [5, 5.41) is 17.2. The van der Waals surface area contributed by atoms with Gasteiger partial charge in [-0.15, -0.1) is 16.4 Å². The van der Waals surface area contributed by atoms with E-state index in [9.17, 15) is 0 Å². The van der Waals surface area contributed by atoms with Gasteiger partial charge in [-0.25, -0.2) is 4.68 Å². The molecule has 2 aromatic heterocycles. The van der Waals surface area contributed by atoms with Crippen LogP contribution in [0.2, 0.25) is 0 Å². The highest BCUT2D eigenvalue weighted by atomic mass is 32.1. The van der Waals surface area contributed by atoms with E-state index in [0.29, 0.717) is 0 Å². The van der Waals surface area contributed by atoms with Gasteiger partial charge in [-0.2, -0.15) is 0 Å². The molecule has 0 spiro atoms. The summed E-state index contributed by atoms with van der Waals surface area (Å²) in [5.74, 6) is 0.895. The molecule has 0 atom stereocenters. The molecule has 5 nitrogen and oxygen atoms in total. The molecule has 0 aromatic carbocycles. The van der Waals surface area contributed by atoms with Crippen LogP contribution in [0.3, 0.4) is 0 Å². The molecule has 0 saturated heterocycles. The SMILES string of the molecule is CCCNCc1nnnn1Cc1sccc1C. The van der Waals surface area contributed by atoms with Crippen LogP contribution >= 0.6 is 11.3 Å². The van der Waals surface area contributed by atoms with Gasteiger partial charge in [0.1, 0.15) is 0 Å². The van der Waals surface area contributed by atoms with E-state index < -0.39 is 0 Å². The van der Waals surface area contributed by atoms with Gasteiger partial charge >= 0.3 is 0 Å². The quantitative estimate of drug-likeness (QED) is 0.792. The maximum atomic E-state index is 4.04. The number of thiophene rings is 1. The highest BCUT2D eigenvalue weighted by molar-refractivity contribution is 7.10. The fourth-order valence-corrected chi connectivity index (χ4v) is 2.44. The summed E-state index contributed by atoms with van der Waals surface area (Å²) >= 11 is 1.75. The van der Waals surface area contributed by atoms with E-state index in [4.69, 9.17) is 0 Å². The molecular formula is C11H17N5S. The fourth-order valence-electron chi connectivity index (χ4n) is 1.55. The number of nitrogens with one attached hydrogen (secondary N) is 1. The van der Waals surface area contributed by atoms with E-state index in [0.717, 1.165) is 31.9 Å². The van der Waals surface area contributed by atoms with E-state index in [2.05, 4.69) is 46.1 Å². The van der Waals surface area contributed by atoms with Crippen molar-refractivity contribution in [3.8, 4) is 0 Å². The summed E-state index contributed by atoms with van der Waals surface area (Å²) < 4.78 is 1.86. The van der Waals surface area contributed by atoms with Crippen LogP contribution < -0.4 is 5.32 Å². The Morgan fingerprint density at radius 3 is 3.06 bits per heavy atom. The van der Waals surface area contributed by atoms with Crippen LogP contribution in [0.1, 0.15) is 29.6 Å². The van der Waals surface area contributed by atoms with Crippen molar-refractivity contribution in [2.24, 2.45) is 0 Å². The molecule has 17 heavy (non-hydrogen) atoms. The van der Waals surface area contributed by atoms with Gasteiger partial charge in [0.25, 0.3) is 0 Å². The average molecular weight is 251 g/mol. The van der Waals surface area contributed by atoms with E-state index in [1.165, 1.54) is 10.4 Å². The zero-order chi connectivity index (χ0) is 12.1. The summed E-state index contributed by atoms with van der Waals surface area (Å²) in [6.07, 6.45) is 1.12. The lowest BCUT2D eigenvalue weighted by Gasteiger charge is -2.04. The molecule has 6 heteroatoms. The Kier molecular flexibility index (Phi) is 4.22. The summed E-state index contributed by atoms with van der Waals surface area (Å²) in [7, 11) is 0. The molecule has 0 aliphatic rings. The van der Waals surface area contributed by atoms with Gasteiger partial charge in [-0.3, -0.25) is 0 Å². The summed E-state index contributed by atoms with van der Waals surface area (Å²) in [4.78, 5) is 1.31. The highest BCUT2D eigenvalue weighted by Gasteiger charge is 2.08. The van der Waals surface area contributed by atoms with Crippen LogP contribution in [-0.2, 0) is 13.1 Å². The molecule has 0 saturated carbocycles. The Bertz CT molecular complexity index is 462. The Labute approximate surface area is 105 Å². The van der Waals surface area contributed by atoms with Gasteiger partial charge in [0.2, 0.25) is 0 Å². The first-order valence-electron chi connectivity index (χ1n) is 5.80. The summed E-state index contributed by atoms with van der Waals surface area (Å²) in [5.41, 5.74) is 1.30. The third-order valence-electron chi connectivity index (χ3n) is 2.58. The van der Waals surface area contributed by atoms with Crippen LogP contribution in [0.5, 0.6) is 0 Å². The molecule has 0 aliphatic carbocycles. The molecule has 0 aliphatic heterocycles. The molecule has 2 heterocycles. The zero-order valence-electron chi connectivity index (χ0n) is 10.2. The first kappa shape index (κ1) is 12.2. The molecule has 0 fully saturated rings. The van der Waals surface area contributed by atoms with E-state index in [-0.39, 0.29) is 0 Å². The van der Waals surface area contributed by atoms with E-state index >= 15 is 0 Å². The number of aryl methyl sites for hydroxylation is 1. The van der Waals surface area contributed by atoms with Crippen LogP contribution in [0.4, 0.5) is 0 Å². The number of aromatic nitrogens is 4. The van der Waals surface area contributed by atoms with Crippen LogP contribution in [0.15, 0.2) is 11.4 Å². The number of hydrogen-bond donors (Lipinski definition) is 1. The van der Waals surface area contributed by atoms with Crippen LogP contribution in [0.25, 0.3) is 0 Å². The Balaban J connectivity index is 2.01. The molecule has 1 N–H and O–H groups in total. The zero-order valence-corrected chi connectivity index (χ0v) is 11.0. The van der Waals surface area contributed by atoms with Gasteiger partial charge in [-0.1, -0.05) is 6.92 Å². The van der Waals surface area contributed by atoms with Crippen LogP contribution in [0, 0.1) is 6.92 Å². The molecule has 0 unspecified atom stereocenters. The van der Waals surface area contributed by atoms with E-state index in [1.54, 1.807) is 11.3 Å². The maximum absolute atomic E-state index is 4.04. The maximum Gasteiger partial charge on any atom is 0.165 e. The Morgan fingerprint density at radius 1 is 1.47 bits per heavy atom. The number of nitrogens with zero attached hydrogens (tertiary/aromatic N) is 4. The average Bonchev–Trinajstić information content (AvgIpc) is 2.91. The highest BCUT2D eigenvalue weighted by Crippen LogP contribution is 2.16. The van der Waals surface area contributed by atoms with Gasteiger partial charge in [-0.05, 0) is 47.3 Å². The second-order valence-corrected chi connectivity index (χ2v) is 4.96. The predicted molar refractivity (Wildman–Crippen MR) is 68.0 cm³/mol. The monoisotopic (exact) mass is 251 g/mol. The van der Waals surface area contributed by atoms with Gasteiger partial charge in [0.05, 0.1) is 13.1 Å². The number of rotatable bonds is 6. The lowest BCUT2D eigenvalue weighted by molar-refractivity contribution is 0.579. The normalized spacial score (nSPS) is 10.9. The van der Waals surface area contributed by atoms with Crippen molar-refractivity contribution in [2.75, 3.05) is 6.54 Å². The minimum absolute atomic E-state index is 0.727. The van der Waals surface area contributed by atoms with Crippen LogP contribution in [-0.4, -0.2) is 26.8 Å². The molecule has 92 valence electrons. The van der Waals surface area contributed by atoms with Crippen molar-refractivity contribution in [3.05, 3.63) is 27.7 Å². The topological polar surface area (TPSA) is 55.6 Å². The van der Waals surface area contributed by atoms with Crippen molar-refractivity contribution in [2.45, 2.75) is 33.4 Å². The first-order chi connectivity index (χ1) is 8.31. The molecule has 0 amide bonds. The molecule has 0 bridgehead atoms. The van der Waals surface area contributed by atoms with Crippen molar-refractivity contribution < 1.29 is 0 Å². The Hall–Kier alpha value is -1.27. The lowest BCUT2D eigenvalue weighted by Crippen LogP contribution is -2.18. The predicted octanol–water partition coefficient (Wildman–Crippen LogP) is 1.59. The third-order valence-corrected chi connectivity index (χ3v) is 3.59. The number of hydrogen-bond acceptors (Lipinski definition) is 5. The third kappa shape index (κ3) is 3.10. The first-order valence-corrected chi connectivity index (χ1v) is 6.68. The van der Waals surface area contributed by atoms with E-state index in [1.807, 2.05) is 4.68 Å². The van der Waals surface area contributed by atoms with Crippen molar-refractivity contribution >= 4 is 11.3 Å². The summed E-state index contributed by atoms with van der Waals surface area (Å²) in [6, 6.07) is 2.12. The van der Waals surface area contributed by atoms with Gasteiger partial charge in [0.15, 0.2) is 5.82 Å². The summed E-state index contributed by atoms with van der Waals surface area (Å²) in [6.45, 7) is 6.74. The largest absolute Gasteiger partial charge is 0.310 e. The standard InChI is InChI=1S/C11H17N5S/c1-3-5-12-7-11-13-14-15-16(11)8-10-9(2)4-6-17-10/h4,6,12H,3,5,7-8H2,1-2H3. The molecule has 2 aromatic rings.